The number of ether oxygens (including phenoxy) is 1. The smallest absolute Gasteiger partial charge is 0.494 e. The molecule has 0 atom stereocenters. The number of sulfonamides is 2. The van der Waals surface area contributed by atoms with E-state index in [0.29, 0.717) is 19.4 Å². The van der Waals surface area contributed by atoms with Crippen molar-refractivity contribution in [2.75, 3.05) is 13.2 Å². The SMILES string of the molecule is C=CC(=O)NCCCCOc1ccc(S(=O)(=O)N(O)S(=O)(=O)C(F)(F)F)cc1. The van der Waals surface area contributed by atoms with Gasteiger partial charge in [0.05, 0.1) is 11.5 Å². The van der Waals surface area contributed by atoms with E-state index in [4.69, 9.17) is 9.94 Å². The molecule has 1 amide bonds. The number of carbonyl (C=O) groups is 1. The molecule has 28 heavy (non-hydrogen) atoms. The van der Waals surface area contributed by atoms with Gasteiger partial charge in [0, 0.05) is 10.4 Å². The van der Waals surface area contributed by atoms with Crippen LogP contribution in [-0.2, 0) is 24.8 Å². The first-order chi connectivity index (χ1) is 12.8. The third kappa shape index (κ3) is 5.92. The third-order valence-corrected chi connectivity index (χ3v) is 6.60. The van der Waals surface area contributed by atoms with Crippen molar-refractivity contribution < 1.29 is 44.7 Å². The maximum Gasteiger partial charge on any atom is 0.514 e. The van der Waals surface area contributed by atoms with Gasteiger partial charge in [-0.1, -0.05) is 6.58 Å². The molecule has 0 saturated heterocycles. The van der Waals surface area contributed by atoms with Crippen molar-refractivity contribution in [3.8, 4) is 5.75 Å². The summed E-state index contributed by atoms with van der Waals surface area (Å²) in [6, 6.07) is 3.73. The lowest BCUT2D eigenvalue weighted by Crippen LogP contribution is -2.42. The summed E-state index contributed by atoms with van der Waals surface area (Å²) in [5.74, 6) is -0.152. The molecule has 9 nitrogen and oxygen atoms in total. The molecule has 0 unspecified atom stereocenters. The summed E-state index contributed by atoms with van der Waals surface area (Å²) in [5.41, 5.74) is -6.00. The number of benzene rings is 1. The molecule has 158 valence electrons. The largest absolute Gasteiger partial charge is 0.514 e. The number of carbonyl (C=O) groups excluding carboxylic acids is 1. The zero-order chi connectivity index (χ0) is 21.6. The van der Waals surface area contributed by atoms with Gasteiger partial charge in [0.1, 0.15) is 5.75 Å². The van der Waals surface area contributed by atoms with Crippen LogP contribution in [0, 0.1) is 0 Å². The van der Waals surface area contributed by atoms with E-state index in [1.165, 1.54) is 0 Å². The highest BCUT2D eigenvalue weighted by Gasteiger charge is 2.54. The van der Waals surface area contributed by atoms with Gasteiger partial charge in [-0.05, 0) is 43.2 Å². The van der Waals surface area contributed by atoms with Crippen molar-refractivity contribution >= 4 is 26.0 Å². The second-order valence-corrected chi connectivity index (χ2v) is 8.91. The van der Waals surface area contributed by atoms with Crippen molar-refractivity contribution in [3.05, 3.63) is 36.9 Å². The molecule has 1 aromatic rings. The lowest BCUT2D eigenvalue weighted by atomic mass is 10.3. The number of alkyl halides is 3. The molecule has 0 fully saturated rings. The number of nitrogens with one attached hydrogen (secondary N) is 1. The van der Waals surface area contributed by atoms with Crippen LogP contribution < -0.4 is 10.1 Å². The molecule has 2 N–H and O–H groups in total. The van der Waals surface area contributed by atoms with Gasteiger partial charge in [-0.15, -0.1) is 0 Å². The molecule has 1 rings (SSSR count). The predicted octanol–water partition coefficient (Wildman–Crippen LogP) is 1.38. The number of unbranched alkanes of at least 4 members (excludes halogenated alkanes) is 1. The second-order valence-electron chi connectivity index (χ2n) is 5.16. The number of nitrogens with zero attached hydrogens (tertiary/aromatic N) is 1. The molecule has 0 heterocycles. The molecule has 0 saturated carbocycles. The summed E-state index contributed by atoms with van der Waals surface area (Å²) >= 11 is 0. The highest BCUT2D eigenvalue weighted by Crippen LogP contribution is 2.30. The minimum Gasteiger partial charge on any atom is -0.494 e. The summed E-state index contributed by atoms with van der Waals surface area (Å²) < 4.78 is 86.5. The van der Waals surface area contributed by atoms with Crippen LogP contribution in [0.5, 0.6) is 5.75 Å². The van der Waals surface area contributed by atoms with Gasteiger partial charge >= 0.3 is 15.5 Å². The Bertz CT molecular complexity index is 898. The van der Waals surface area contributed by atoms with Crippen LogP contribution in [-0.4, -0.2) is 50.5 Å². The van der Waals surface area contributed by atoms with Gasteiger partial charge in [-0.3, -0.25) is 10.0 Å². The molecular formula is C14H17F3N2O7S2. The number of halogens is 3. The van der Waals surface area contributed by atoms with Gasteiger partial charge in [-0.25, -0.2) is 8.42 Å². The summed E-state index contributed by atoms with van der Waals surface area (Å²) in [6.45, 7) is 3.88. The molecule has 0 aliphatic carbocycles. The molecular weight excluding hydrogens is 429 g/mol. The van der Waals surface area contributed by atoms with E-state index in [0.717, 1.165) is 30.3 Å². The number of hydrogen-bond donors (Lipinski definition) is 2. The van der Waals surface area contributed by atoms with Gasteiger partial charge < -0.3 is 10.1 Å². The summed E-state index contributed by atoms with van der Waals surface area (Å²) in [7, 11) is -11.9. The fourth-order valence-electron chi connectivity index (χ4n) is 1.72. The van der Waals surface area contributed by atoms with E-state index in [1.807, 2.05) is 0 Å². The zero-order valence-electron chi connectivity index (χ0n) is 14.2. The van der Waals surface area contributed by atoms with E-state index in [-0.39, 0.29) is 18.3 Å². The van der Waals surface area contributed by atoms with Gasteiger partial charge in [0.2, 0.25) is 5.91 Å². The van der Waals surface area contributed by atoms with Crippen LogP contribution in [0.25, 0.3) is 0 Å². The normalized spacial score (nSPS) is 12.6. The van der Waals surface area contributed by atoms with E-state index in [1.54, 1.807) is 0 Å². The Morgan fingerprint density at radius 3 is 2.25 bits per heavy atom. The fraction of sp³-hybridized carbons (Fsp3) is 0.357. The van der Waals surface area contributed by atoms with E-state index in [9.17, 15) is 34.8 Å². The van der Waals surface area contributed by atoms with Crippen LogP contribution in [0.4, 0.5) is 13.2 Å². The fourth-order valence-corrected chi connectivity index (χ4v) is 4.10. The van der Waals surface area contributed by atoms with Crippen molar-refractivity contribution in [1.82, 2.24) is 9.19 Å². The number of amides is 1. The predicted molar refractivity (Wildman–Crippen MR) is 90.2 cm³/mol. The number of rotatable bonds is 10. The van der Waals surface area contributed by atoms with Crippen molar-refractivity contribution in [3.63, 3.8) is 0 Å². The van der Waals surface area contributed by atoms with Crippen molar-refractivity contribution in [1.29, 1.82) is 0 Å². The Labute approximate surface area is 159 Å². The standard InChI is InChI=1S/C14H17F3N2O7S2/c1-2-13(20)18-9-3-4-10-26-11-5-7-12(8-6-11)27(22,23)19(21)28(24,25)14(15,16)17/h2,5-8,21H,1,3-4,9-10H2,(H,18,20). The average Bonchev–Trinajstić information content (AvgIpc) is 2.63. The van der Waals surface area contributed by atoms with Crippen LogP contribution in [0.3, 0.4) is 0 Å². The van der Waals surface area contributed by atoms with E-state index >= 15 is 0 Å². The molecule has 0 spiro atoms. The molecule has 0 bridgehead atoms. The van der Waals surface area contributed by atoms with Gasteiger partial charge in [0.15, 0.2) is 0 Å². The van der Waals surface area contributed by atoms with Crippen LogP contribution in [0.1, 0.15) is 12.8 Å². The number of hydrogen-bond acceptors (Lipinski definition) is 7. The Kier molecular flexibility index (Phi) is 7.98. The van der Waals surface area contributed by atoms with Crippen LogP contribution in [0.2, 0.25) is 0 Å². The van der Waals surface area contributed by atoms with Gasteiger partial charge in [0.25, 0.3) is 10.0 Å². The molecule has 14 heteroatoms. The summed E-state index contributed by atoms with van der Waals surface area (Å²) in [5, 5.41) is 11.7. The maximum atomic E-state index is 12.4. The van der Waals surface area contributed by atoms with Crippen LogP contribution >= 0.6 is 0 Å². The Morgan fingerprint density at radius 2 is 1.75 bits per heavy atom. The van der Waals surface area contributed by atoms with Crippen molar-refractivity contribution in [2.24, 2.45) is 0 Å². The highest BCUT2D eigenvalue weighted by atomic mass is 32.3. The lowest BCUT2D eigenvalue weighted by Gasteiger charge is -2.17. The Hall–Kier alpha value is -2.16. The highest BCUT2D eigenvalue weighted by molar-refractivity contribution is 8.04. The first kappa shape index (κ1) is 23.9. The lowest BCUT2D eigenvalue weighted by molar-refractivity contribution is -0.116. The molecule has 0 aromatic heterocycles. The molecule has 1 aromatic carbocycles. The van der Waals surface area contributed by atoms with E-state index in [2.05, 4.69) is 11.9 Å². The molecule has 0 aliphatic rings. The Morgan fingerprint density at radius 1 is 1.18 bits per heavy atom. The molecule has 0 aliphatic heterocycles. The average molecular weight is 446 g/mol. The van der Waals surface area contributed by atoms with Gasteiger partial charge in [-0.2, -0.15) is 21.6 Å². The summed E-state index contributed by atoms with van der Waals surface area (Å²) in [6.07, 6.45) is 2.24. The minimum absolute atomic E-state index is 0.164. The first-order valence-corrected chi connectivity index (χ1v) is 10.4. The quantitative estimate of drug-likeness (QED) is 0.315. The molecule has 0 radical (unpaired) electrons. The second kappa shape index (κ2) is 9.36. The Balaban J connectivity index is 2.69. The van der Waals surface area contributed by atoms with Crippen LogP contribution in [0.15, 0.2) is 41.8 Å². The monoisotopic (exact) mass is 446 g/mol. The summed E-state index contributed by atoms with van der Waals surface area (Å²) in [4.78, 5) is 10.0. The first-order valence-electron chi connectivity index (χ1n) is 7.53. The minimum atomic E-state index is -6.49. The van der Waals surface area contributed by atoms with Crippen molar-refractivity contribution in [2.45, 2.75) is 23.2 Å². The van der Waals surface area contributed by atoms with E-state index < -0.39 is 34.3 Å². The maximum absolute atomic E-state index is 12.4. The topological polar surface area (TPSA) is 130 Å². The third-order valence-electron chi connectivity index (χ3n) is 3.15. The zero-order valence-corrected chi connectivity index (χ0v) is 15.8.